The lowest BCUT2D eigenvalue weighted by atomic mass is 9.86. The van der Waals surface area contributed by atoms with Gasteiger partial charge in [0.2, 0.25) is 5.91 Å². The maximum Gasteiger partial charge on any atom is 0.261 e. The summed E-state index contributed by atoms with van der Waals surface area (Å²) < 4.78 is 28.3. The Hall–Kier alpha value is -2.34. The molecule has 0 spiro atoms. The summed E-state index contributed by atoms with van der Waals surface area (Å²) in [7, 11) is -3.67. The molecular formula is C20H22N2O3S. The molecule has 2 aromatic rings. The summed E-state index contributed by atoms with van der Waals surface area (Å²) in [5, 5.41) is 2.83. The van der Waals surface area contributed by atoms with Gasteiger partial charge in [-0.1, -0.05) is 6.07 Å². The molecule has 2 aliphatic rings. The van der Waals surface area contributed by atoms with Crippen LogP contribution < -0.4 is 10.0 Å². The van der Waals surface area contributed by atoms with Gasteiger partial charge in [0.15, 0.2) is 0 Å². The fraction of sp³-hybridized carbons (Fsp3) is 0.350. The minimum absolute atomic E-state index is 0.0813. The first-order chi connectivity index (χ1) is 12.3. The highest BCUT2D eigenvalue weighted by Gasteiger charge is 2.38. The average Bonchev–Trinajstić information content (AvgIpc) is 2.83. The molecule has 0 aromatic heterocycles. The number of hydrogen-bond acceptors (Lipinski definition) is 3. The molecule has 5 nitrogen and oxygen atoms in total. The maximum atomic E-state index is 12.8. The van der Waals surface area contributed by atoms with Crippen LogP contribution in [0.3, 0.4) is 0 Å². The Labute approximate surface area is 153 Å². The van der Waals surface area contributed by atoms with Gasteiger partial charge in [-0.3, -0.25) is 9.52 Å². The van der Waals surface area contributed by atoms with Gasteiger partial charge in [-0.05, 0) is 86.6 Å². The van der Waals surface area contributed by atoms with Crippen molar-refractivity contribution < 1.29 is 13.2 Å². The minimum atomic E-state index is -3.67. The van der Waals surface area contributed by atoms with E-state index in [0.717, 1.165) is 42.5 Å². The molecule has 0 saturated heterocycles. The van der Waals surface area contributed by atoms with E-state index in [-0.39, 0.29) is 10.8 Å². The van der Waals surface area contributed by atoms with Gasteiger partial charge in [0.1, 0.15) is 0 Å². The Morgan fingerprint density at radius 2 is 1.73 bits per heavy atom. The zero-order valence-electron chi connectivity index (χ0n) is 14.9. The van der Waals surface area contributed by atoms with Crippen molar-refractivity contribution in [3.05, 3.63) is 53.1 Å². The van der Waals surface area contributed by atoms with E-state index in [2.05, 4.69) is 10.0 Å². The highest BCUT2D eigenvalue weighted by atomic mass is 32.2. The molecule has 0 fully saturated rings. The van der Waals surface area contributed by atoms with Crippen LogP contribution >= 0.6 is 0 Å². The predicted molar refractivity (Wildman–Crippen MR) is 102 cm³/mol. The lowest BCUT2D eigenvalue weighted by Gasteiger charge is -2.18. The van der Waals surface area contributed by atoms with Crippen LogP contribution in [0.25, 0.3) is 0 Å². The van der Waals surface area contributed by atoms with E-state index < -0.39 is 15.4 Å². The second-order valence-electron chi connectivity index (χ2n) is 7.58. The molecule has 1 aliphatic carbocycles. The smallest absolute Gasteiger partial charge is 0.261 e. The number of carbonyl (C=O) groups excluding carboxylic acids is 1. The molecular weight excluding hydrogens is 348 g/mol. The molecule has 0 atom stereocenters. The third kappa shape index (κ3) is 2.78. The van der Waals surface area contributed by atoms with Crippen LogP contribution in [0, 0.1) is 0 Å². The van der Waals surface area contributed by atoms with Gasteiger partial charge >= 0.3 is 0 Å². The standard InChI is InChI=1S/C20H22N2O3S/c1-20(2)17-12-15(8-10-18(17)21-19(20)23)22-26(24,25)16-9-7-13-5-3-4-6-14(13)11-16/h7-12,22H,3-6H2,1-2H3,(H,21,23). The number of benzene rings is 2. The monoisotopic (exact) mass is 370 g/mol. The first-order valence-corrected chi connectivity index (χ1v) is 10.4. The first kappa shape index (κ1) is 17.1. The fourth-order valence-electron chi connectivity index (χ4n) is 3.73. The SMILES string of the molecule is CC1(C)C(=O)Nc2ccc(NS(=O)(=O)c3ccc4c(c3)CCCC4)cc21. The second kappa shape index (κ2) is 5.84. The number of sulfonamides is 1. The molecule has 2 aromatic carbocycles. The van der Waals surface area contributed by atoms with Crippen molar-refractivity contribution in [2.24, 2.45) is 0 Å². The second-order valence-corrected chi connectivity index (χ2v) is 9.27. The maximum absolute atomic E-state index is 12.8. The number of anilines is 2. The van der Waals surface area contributed by atoms with Gasteiger partial charge in [-0.15, -0.1) is 0 Å². The summed E-state index contributed by atoms with van der Waals surface area (Å²) in [6, 6.07) is 10.6. The highest BCUT2D eigenvalue weighted by Crippen LogP contribution is 2.39. The van der Waals surface area contributed by atoms with Crippen molar-refractivity contribution >= 4 is 27.3 Å². The topological polar surface area (TPSA) is 75.3 Å². The highest BCUT2D eigenvalue weighted by molar-refractivity contribution is 7.92. The van der Waals surface area contributed by atoms with Gasteiger partial charge in [0.25, 0.3) is 10.0 Å². The van der Waals surface area contributed by atoms with Crippen LogP contribution in [-0.4, -0.2) is 14.3 Å². The molecule has 6 heteroatoms. The zero-order valence-corrected chi connectivity index (χ0v) is 15.7. The molecule has 0 saturated carbocycles. The number of fused-ring (bicyclic) bond motifs is 2. The number of hydrogen-bond donors (Lipinski definition) is 2. The van der Waals surface area contributed by atoms with Crippen LogP contribution in [0.5, 0.6) is 0 Å². The van der Waals surface area contributed by atoms with Crippen molar-refractivity contribution in [2.75, 3.05) is 10.0 Å². The third-order valence-corrected chi connectivity index (χ3v) is 6.77. The van der Waals surface area contributed by atoms with E-state index in [9.17, 15) is 13.2 Å². The Balaban J connectivity index is 1.65. The Bertz CT molecular complexity index is 1010. The van der Waals surface area contributed by atoms with Crippen LogP contribution in [0.1, 0.15) is 43.4 Å². The Morgan fingerprint density at radius 1 is 1.00 bits per heavy atom. The van der Waals surface area contributed by atoms with Crippen molar-refractivity contribution in [3.8, 4) is 0 Å². The fourth-order valence-corrected chi connectivity index (χ4v) is 4.83. The van der Waals surface area contributed by atoms with Gasteiger partial charge in [-0.2, -0.15) is 0 Å². The van der Waals surface area contributed by atoms with Crippen molar-refractivity contribution in [2.45, 2.75) is 49.8 Å². The van der Waals surface area contributed by atoms with Crippen LogP contribution in [0.15, 0.2) is 41.3 Å². The molecule has 0 unspecified atom stereocenters. The number of nitrogens with one attached hydrogen (secondary N) is 2. The Morgan fingerprint density at radius 3 is 2.50 bits per heavy atom. The van der Waals surface area contributed by atoms with E-state index in [4.69, 9.17) is 0 Å². The first-order valence-electron chi connectivity index (χ1n) is 8.88. The van der Waals surface area contributed by atoms with Crippen LogP contribution in [0.2, 0.25) is 0 Å². The predicted octanol–water partition coefficient (Wildman–Crippen LogP) is 3.60. The van der Waals surface area contributed by atoms with Gasteiger partial charge < -0.3 is 5.32 Å². The lowest BCUT2D eigenvalue weighted by molar-refractivity contribution is -0.119. The zero-order chi connectivity index (χ0) is 18.5. The number of amides is 1. The van der Waals surface area contributed by atoms with Gasteiger partial charge in [0.05, 0.1) is 10.3 Å². The lowest BCUT2D eigenvalue weighted by Crippen LogP contribution is -2.26. The van der Waals surface area contributed by atoms with Gasteiger partial charge in [0, 0.05) is 11.4 Å². The molecule has 0 radical (unpaired) electrons. The van der Waals surface area contributed by atoms with E-state index in [0.29, 0.717) is 5.69 Å². The molecule has 0 bridgehead atoms. The van der Waals surface area contributed by atoms with Crippen molar-refractivity contribution in [1.29, 1.82) is 0 Å². The molecule has 26 heavy (non-hydrogen) atoms. The number of carbonyl (C=O) groups is 1. The minimum Gasteiger partial charge on any atom is -0.325 e. The van der Waals surface area contributed by atoms with Crippen LogP contribution in [-0.2, 0) is 33.1 Å². The molecule has 2 N–H and O–H groups in total. The summed E-state index contributed by atoms with van der Waals surface area (Å²) in [4.78, 5) is 12.3. The summed E-state index contributed by atoms with van der Waals surface area (Å²) in [6.45, 7) is 3.66. The quantitative estimate of drug-likeness (QED) is 0.867. The molecule has 1 aliphatic heterocycles. The third-order valence-electron chi connectivity index (χ3n) is 5.39. The van der Waals surface area contributed by atoms with E-state index in [1.165, 1.54) is 5.56 Å². The number of aryl methyl sites for hydroxylation is 2. The molecule has 136 valence electrons. The normalized spacial score (nSPS) is 18.0. The van der Waals surface area contributed by atoms with Crippen molar-refractivity contribution in [1.82, 2.24) is 0 Å². The van der Waals surface area contributed by atoms with Gasteiger partial charge in [-0.25, -0.2) is 8.42 Å². The summed E-state index contributed by atoms with van der Waals surface area (Å²) in [6.07, 6.45) is 4.21. The summed E-state index contributed by atoms with van der Waals surface area (Å²) in [5.74, 6) is -0.0813. The molecule has 1 heterocycles. The average molecular weight is 370 g/mol. The van der Waals surface area contributed by atoms with E-state index >= 15 is 0 Å². The van der Waals surface area contributed by atoms with Crippen LogP contribution in [0.4, 0.5) is 11.4 Å². The largest absolute Gasteiger partial charge is 0.325 e. The summed E-state index contributed by atoms with van der Waals surface area (Å²) >= 11 is 0. The molecule has 1 amide bonds. The molecule has 4 rings (SSSR count). The van der Waals surface area contributed by atoms with Crippen molar-refractivity contribution in [3.63, 3.8) is 0 Å². The Kier molecular flexibility index (Phi) is 3.84. The summed E-state index contributed by atoms with van der Waals surface area (Å²) in [5.41, 5.74) is 3.70. The van der Waals surface area contributed by atoms with E-state index in [1.54, 1.807) is 30.3 Å². The van der Waals surface area contributed by atoms with E-state index in [1.807, 2.05) is 19.9 Å². The number of rotatable bonds is 3.